The van der Waals surface area contributed by atoms with Gasteiger partial charge in [0.1, 0.15) is 6.10 Å². The molecule has 3 heteroatoms. The van der Waals surface area contributed by atoms with Gasteiger partial charge in [0.05, 0.1) is 5.56 Å². The third kappa shape index (κ3) is 5.00. The molecule has 0 saturated heterocycles. The fourth-order valence-corrected chi connectivity index (χ4v) is 1.36. The minimum absolute atomic E-state index is 0.465. The topological polar surface area (TPSA) is 35.5 Å². The average Bonchev–Trinajstić information content (AvgIpc) is 2.34. The summed E-state index contributed by atoms with van der Waals surface area (Å²) in [7, 11) is 0. The lowest BCUT2D eigenvalue weighted by molar-refractivity contribution is -0.229. The summed E-state index contributed by atoms with van der Waals surface area (Å²) in [4.78, 5) is 20.9. The highest BCUT2D eigenvalue weighted by Crippen LogP contribution is 2.10. The smallest absolute Gasteiger partial charge is 0.292 e. The predicted octanol–water partition coefficient (Wildman–Crippen LogP) is 3.69. The van der Waals surface area contributed by atoms with Gasteiger partial charge in [0.15, 0.2) is 0 Å². The van der Waals surface area contributed by atoms with Crippen LogP contribution in [0.1, 0.15) is 49.5 Å². The highest BCUT2D eigenvalue weighted by molar-refractivity contribution is 5.88. The monoisotopic (exact) mass is 235 g/mol. The van der Waals surface area contributed by atoms with Gasteiger partial charge in [-0.15, -0.1) is 0 Å². The van der Waals surface area contributed by atoms with Crippen LogP contribution in [0.2, 0.25) is 0 Å². The Kier molecular flexibility index (Phi) is 5.70. The van der Waals surface area contributed by atoms with Gasteiger partial charge in [0, 0.05) is 0 Å². The second-order valence-electron chi connectivity index (χ2n) is 4.16. The predicted molar refractivity (Wildman–Crippen MR) is 66.1 cm³/mol. The lowest BCUT2D eigenvalue weighted by atomic mass is 10.1. The minimum atomic E-state index is -0.465. The molecule has 0 atom stereocenters. The van der Waals surface area contributed by atoms with Gasteiger partial charge in [0.2, 0.25) is 0 Å². The van der Waals surface area contributed by atoms with Crippen molar-refractivity contribution in [3.8, 4) is 0 Å². The maximum absolute atomic E-state index is 11.5. The Hall–Kier alpha value is -1.35. The molecule has 0 heterocycles. The van der Waals surface area contributed by atoms with Crippen LogP contribution in [-0.4, -0.2) is 5.97 Å². The number of hydrogen-bond acceptors (Lipinski definition) is 3. The van der Waals surface area contributed by atoms with Crippen molar-refractivity contribution >= 4 is 5.97 Å². The Morgan fingerprint density at radius 2 is 1.76 bits per heavy atom. The van der Waals surface area contributed by atoms with E-state index in [1.54, 1.807) is 26.0 Å². The lowest BCUT2D eigenvalue weighted by Gasteiger charge is -2.06. The quantitative estimate of drug-likeness (QED) is 0.557. The lowest BCUT2D eigenvalue weighted by Crippen LogP contribution is -2.07. The second-order valence-corrected chi connectivity index (χ2v) is 4.16. The first kappa shape index (κ1) is 13.7. The van der Waals surface area contributed by atoms with Gasteiger partial charge < -0.3 is 0 Å². The van der Waals surface area contributed by atoms with E-state index in [0.717, 1.165) is 12.8 Å². The molecular formula is C14H19O3. The van der Waals surface area contributed by atoms with Gasteiger partial charge in [-0.2, -0.15) is 4.89 Å². The molecule has 0 bridgehead atoms. The second kappa shape index (κ2) is 7.07. The standard InChI is InChI=1S/C14H19O3/c1-4-5-6-12-7-9-13(10-8-12)14(15)17-16-11(2)3/h7-10H,4-6H2,1-3H3. The van der Waals surface area contributed by atoms with Crippen LogP contribution in [0.5, 0.6) is 0 Å². The maximum Gasteiger partial charge on any atom is 0.373 e. The number of benzene rings is 1. The highest BCUT2D eigenvalue weighted by atomic mass is 17.2. The molecule has 17 heavy (non-hydrogen) atoms. The highest BCUT2D eigenvalue weighted by Gasteiger charge is 2.09. The summed E-state index contributed by atoms with van der Waals surface area (Å²) in [5.41, 5.74) is 1.74. The third-order valence-corrected chi connectivity index (χ3v) is 2.29. The molecule has 0 spiro atoms. The van der Waals surface area contributed by atoms with Crippen LogP contribution < -0.4 is 0 Å². The Bertz CT molecular complexity index is 341. The number of hydrogen-bond donors (Lipinski definition) is 0. The maximum atomic E-state index is 11.5. The zero-order valence-electron chi connectivity index (χ0n) is 10.7. The molecule has 0 saturated carbocycles. The average molecular weight is 235 g/mol. The van der Waals surface area contributed by atoms with Crippen molar-refractivity contribution < 1.29 is 14.6 Å². The van der Waals surface area contributed by atoms with Crippen molar-refractivity contribution in [2.75, 3.05) is 0 Å². The molecule has 1 aromatic rings. The summed E-state index contributed by atoms with van der Waals surface area (Å²) >= 11 is 0. The fourth-order valence-electron chi connectivity index (χ4n) is 1.36. The zero-order valence-corrected chi connectivity index (χ0v) is 10.7. The van der Waals surface area contributed by atoms with Gasteiger partial charge in [-0.3, -0.25) is 4.89 Å². The Morgan fingerprint density at radius 1 is 1.12 bits per heavy atom. The molecule has 0 unspecified atom stereocenters. The molecule has 0 amide bonds. The summed E-state index contributed by atoms with van der Waals surface area (Å²) < 4.78 is 0. The molecule has 0 N–H and O–H groups in total. The van der Waals surface area contributed by atoms with Crippen molar-refractivity contribution in [1.29, 1.82) is 0 Å². The van der Waals surface area contributed by atoms with E-state index in [1.807, 2.05) is 12.1 Å². The van der Waals surface area contributed by atoms with E-state index in [1.165, 1.54) is 12.0 Å². The molecule has 1 rings (SSSR count). The number of carbonyl (C=O) groups is 1. The molecule has 0 aromatic heterocycles. The van der Waals surface area contributed by atoms with Crippen LogP contribution in [0.25, 0.3) is 0 Å². The zero-order chi connectivity index (χ0) is 12.7. The van der Waals surface area contributed by atoms with E-state index in [0.29, 0.717) is 11.7 Å². The molecular weight excluding hydrogens is 216 g/mol. The van der Waals surface area contributed by atoms with Crippen molar-refractivity contribution in [1.82, 2.24) is 0 Å². The van der Waals surface area contributed by atoms with Crippen LogP contribution in [0.4, 0.5) is 0 Å². The van der Waals surface area contributed by atoms with Crippen molar-refractivity contribution in [3.05, 3.63) is 41.5 Å². The van der Waals surface area contributed by atoms with E-state index in [-0.39, 0.29) is 0 Å². The van der Waals surface area contributed by atoms with Gasteiger partial charge >= 0.3 is 5.97 Å². The van der Waals surface area contributed by atoms with Gasteiger partial charge in [-0.05, 0) is 44.4 Å². The summed E-state index contributed by atoms with van der Waals surface area (Å²) in [6.45, 7) is 5.61. The normalized spacial score (nSPS) is 10.6. The molecule has 1 aromatic carbocycles. The van der Waals surface area contributed by atoms with E-state index in [9.17, 15) is 4.79 Å². The van der Waals surface area contributed by atoms with Crippen LogP contribution >= 0.6 is 0 Å². The van der Waals surface area contributed by atoms with E-state index in [4.69, 9.17) is 4.89 Å². The third-order valence-electron chi connectivity index (χ3n) is 2.29. The molecule has 0 fully saturated rings. The van der Waals surface area contributed by atoms with Crippen molar-refractivity contribution in [2.45, 2.75) is 40.0 Å². The van der Waals surface area contributed by atoms with Gasteiger partial charge in [-0.1, -0.05) is 25.5 Å². The summed E-state index contributed by atoms with van der Waals surface area (Å²) in [5.74, 6) is -0.465. The van der Waals surface area contributed by atoms with E-state index < -0.39 is 5.97 Å². The fraction of sp³-hybridized carbons (Fsp3) is 0.429. The SMILES string of the molecule is CCCCc1ccc(C(=O)OO[C](C)C)cc1. The van der Waals surface area contributed by atoms with Crippen LogP contribution in [0.3, 0.4) is 0 Å². The van der Waals surface area contributed by atoms with Crippen LogP contribution in [0.15, 0.2) is 24.3 Å². The van der Waals surface area contributed by atoms with Gasteiger partial charge in [0.25, 0.3) is 0 Å². The molecule has 0 aliphatic heterocycles. The Morgan fingerprint density at radius 3 is 2.29 bits per heavy atom. The number of unbranched alkanes of at least 4 members (excludes halogenated alkanes) is 1. The van der Waals surface area contributed by atoms with Gasteiger partial charge in [-0.25, -0.2) is 4.79 Å². The van der Waals surface area contributed by atoms with Crippen LogP contribution in [0, 0.1) is 6.10 Å². The first-order valence-corrected chi connectivity index (χ1v) is 5.91. The first-order chi connectivity index (χ1) is 8.13. The minimum Gasteiger partial charge on any atom is -0.292 e. The van der Waals surface area contributed by atoms with Crippen LogP contribution in [-0.2, 0) is 16.2 Å². The molecule has 0 aliphatic rings. The molecule has 3 nitrogen and oxygen atoms in total. The van der Waals surface area contributed by atoms with E-state index >= 15 is 0 Å². The summed E-state index contributed by atoms with van der Waals surface area (Å²) in [6.07, 6.45) is 3.97. The van der Waals surface area contributed by atoms with Crippen molar-refractivity contribution in [3.63, 3.8) is 0 Å². The number of aryl methyl sites for hydroxylation is 1. The molecule has 0 aliphatic carbocycles. The van der Waals surface area contributed by atoms with E-state index in [2.05, 4.69) is 11.8 Å². The first-order valence-electron chi connectivity index (χ1n) is 5.91. The summed E-state index contributed by atoms with van der Waals surface area (Å²) in [6, 6.07) is 7.44. The molecule has 1 radical (unpaired) electrons. The van der Waals surface area contributed by atoms with Crippen molar-refractivity contribution in [2.24, 2.45) is 0 Å². The Balaban J connectivity index is 2.51. The summed E-state index contributed by atoms with van der Waals surface area (Å²) in [5, 5.41) is 0. The molecule has 93 valence electrons. The largest absolute Gasteiger partial charge is 0.373 e. The number of carbonyl (C=O) groups excluding carboxylic acids is 1. The number of rotatable bonds is 6. The Labute approximate surface area is 103 Å².